The predicted molar refractivity (Wildman–Crippen MR) is 133 cm³/mol. The van der Waals surface area contributed by atoms with Crippen molar-refractivity contribution < 1.29 is 24.2 Å². The van der Waals surface area contributed by atoms with Gasteiger partial charge < -0.3 is 20.5 Å². The Kier molecular flexibility index (Phi) is 8.06. The van der Waals surface area contributed by atoms with Crippen LogP contribution in [0.15, 0.2) is 48.5 Å². The van der Waals surface area contributed by atoms with E-state index in [0.29, 0.717) is 6.54 Å². The van der Waals surface area contributed by atoms with Crippen molar-refractivity contribution >= 4 is 18.0 Å². The number of hydrogen-bond acceptors (Lipinski definition) is 4. The van der Waals surface area contributed by atoms with Gasteiger partial charge in [0.2, 0.25) is 5.91 Å². The summed E-state index contributed by atoms with van der Waals surface area (Å²) >= 11 is 0. The van der Waals surface area contributed by atoms with Gasteiger partial charge in [-0.1, -0.05) is 68.3 Å². The number of benzene rings is 2. The third-order valence-electron chi connectivity index (χ3n) is 7.37. The minimum atomic E-state index is -0.824. The van der Waals surface area contributed by atoms with Crippen LogP contribution in [0.2, 0.25) is 0 Å². The van der Waals surface area contributed by atoms with Gasteiger partial charge in [-0.25, -0.2) is 4.79 Å². The molecule has 1 fully saturated rings. The molecule has 0 spiro atoms. The van der Waals surface area contributed by atoms with Gasteiger partial charge in [0.05, 0.1) is 6.42 Å². The molecule has 1 unspecified atom stereocenters. The number of nitrogens with one attached hydrogen (secondary N) is 2. The molecule has 0 radical (unpaired) electrons. The van der Waals surface area contributed by atoms with E-state index in [9.17, 15) is 14.4 Å². The molecule has 4 rings (SSSR count). The molecule has 1 saturated carbocycles. The summed E-state index contributed by atoms with van der Waals surface area (Å²) in [6.07, 6.45) is 3.21. The molecule has 0 aliphatic heterocycles. The summed E-state index contributed by atoms with van der Waals surface area (Å²) in [5.74, 6) is -0.931. The second kappa shape index (κ2) is 11.4. The van der Waals surface area contributed by atoms with Crippen molar-refractivity contribution in [2.24, 2.45) is 11.8 Å². The minimum absolute atomic E-state index is 0.00419. The summed E-state index contributed by atoms with van der Waals surface area (Å²) in [5, 5.41) is 14.9. The first-order valence-corrected chi connectivity index (χ1v) is 12.6. The van der Waals surface area contributed by atoms with Gasteiger partial charge in [-0.15, -0.1) is 0 Å². The predicted octanol–water partition coefficient (Wildman–Crippen LogP) is 4.70. The maximum absolute atomic E-state index is 12.6. The molecule has 2 aliphatic rings. The number of alkyl carbamates (subject to hydrolysis) is 1. The molecule has 2 aromatic carbocycles. The van der Waals surface area contributed by atoms with E-state index in [1.54, 1.807) is 0 Å². The van der Waals surface area contributed by atoms with E-state index in [-0.39, 0.29) is 49.2 Å². The van der Waals surface area contributed by atoms with Crippen molar-refractivity contribution in [1.29, 1.82) is 0 Å². The summed E-state index contributed by atoms with van der Waals surface area (Å²) in [6.45, 7) is 2.59. The lowest BCUT2D eigenvalue weighted by molar-refractivity contribution is -0.138. The zero-order valence-corrected chi connectivity index (χ0v) is 20.2. The number of carbonyl (C=O) groups is 3. The first kappa shape index (κ1) is 24.8. The Balaban J connectivity index is 1.24. The fourth-order valence-corrected chi connectivity index (χ4v) is 5.46. The number of carboxylic acid groups (broad SMARTS) is 1. The van der Waals surface area contributed by atoms with Gasteiger partial charge in [-0.2, -0.15) is 0 Å². The molecule has 35 heavy (non-hydrogen) atoms. The lowest BCUT2D eigenvalue weighted by Crippen LogP contribution is -2.40. The Morgan fingerprint density at radius 1 is 1.03 bits per heavy atom. The summed E-state index contributed by atoms with van der Waals surface area (Å²) in [4.78, 5) is 36.1. The smallest absolute Gasteiger partial charge is 0.407 e. The number of hydrogen-bond donors (Lipinski definition) is 3. The number of rotatable bonds is 10. The molecule has 186 valence electrons. The van der Waals surface area contributed by atoms with Crippen molar-refractivity contribution in [3.63, 3.8) is 0 Å². The van der Waals surface area contributed by atoms with Crippen LogP contribution in [0.3, 0.4) is 0 Å². The highest BCUT2D eigenvalue weighted by molar-refractivity contribution is 5.79. The van der Waals surface area contributed by atoms with Crippen LogP contribution in [-0.4, -0.2) is 42.3 Å². The van der Waals surface area contributed by atoms with Crippen LogP contribution in [0.4, 0.5) is 4.79 Å². The molecule has 3 atom stereocenters. The lowest BCUT2D eigenvalue weighted by atomic mass is 9.98. The molecule has 2 amide bonds. The van der Waals surface area contributed by atoms with Gasteiger partial charge in [-0.3, -0.25) is 9.59 Å². The molecule has 0 heterocycles. The van der Waals surface area contributed by atoms with Crippen molar-refractivity contribution in [2.75, 3.05) is 13.2 Å². The van der Waals surface area contributed by atoms with E-state index in [1.807, 2.05) is 31.2 Å². The zero-order chi connectivity index (χ0) is 24.8. The van der Waals surface area contributed by atoms with Crippen molar-refractivity contribution in [3.8, 4) is 11.1 Å². The van der Waals surface area contributed by atoms with E-state index in [1.165, 1.54) is 11.1 Å². The molecule has 0 aromatic heterocycles. The maximum Gasteiger partial charge on any atom is 0.407 e. The van der Waals surface area contributed by atoms with Crippen LogP contribution < -0.4 is 10.6 Å². The van der Waals surface area contributed by atoms with Crippen LogP contribution >= 0.6 is 0 Å². The first-order valence-electron chi connectivity index (χ1n) is 12.6. The minimum Gasteiger partial charge on any atom is -0.481 e. The zero-order valence-electron chi connectivity index (χ0n) is 20.2. The van der Waals surface area contributed by atoms with E-state index < -0.39 is 12.1 Å². The Labute approximate surface area is 206 Å². The lowest BCUT2D eigenvalue weighted by Gasteiger charge is -2.22. The quantitative estimate of drug-likeness (QED) is 0.459. The normalized spacial score (nSPS) is 19.5. The van der Waals surface area contributed by atoms with Gasteiger partial charge in [0.1, 0.15) is 6.61 Å². The van der Waals surface area contributed by atoms with Gasteiger partial charge in [0, 0.05) is 24.9 Å². The Bertz CT molecular complexity index is 1020. The number of carboxylic acids is 1. The highest BCUT2D eigenvalue weighted by atomic mass is 16.5. The van der Waals surface area contributed by atoms with Gasteiger partial charge >= 0.3 is 12.1 Å². The molecule has 2 aromatic rings. The average Bonchev–Trinajstić information content (AvgIpc) is 3.41. The largest absolute Gasteiger partial charge is 0.481 e. The summed E-state index contributed by atoms with van der Waals surface area (Å²) in [7, 11) is 0. The maximum atomic E-state index is 12.6. The molecular formula is C28H34N2O5. The fourth-order valence-electron chi connectivity index (χ4n) is 5.46. The topological polar surface area (TPSA) is 105 Å². The van der Waals surface area contributed by atoms with Crippen LogP contribution in [0.5, 0.6) is 0 Å². The first-order chi connectivity index (χ1) is 17.0. The Hall–Kier alpha value is -3.35. The monoisotopic (exact) mass is 478 g/mol. The second-order valence-corrected chi connectivity index (χ2v) is 9.65. The molecule has 0 bridgehead atoms. The van der Waals surface area contributed by atoms with Crippen molar-refractivity contribution in [3.05, 3.63) is 59.7 Å². The molecular weight excluding hydrogens is 444 g/mol. The highest BCUT2D eigenvalue weighted by Crippen LogP contribution is 2.44. The van der Waals surface area contributed by atoms with E-state index in [4.69, 9.17) is 9.84 Å². The van der Waals surface area contributed by atoms with E-state index in [2.05, 4.69) is 34.9 Å². The average molecular weight is 479 g/mol. The number of fused-ring (bicyclic) bond motifs is 3. The molecule has 7 nitrogen and oxygen atoms in total. The molecule has 0 saturated heterocycles. The van der Waals surface area contributed by atoms with Crippen LogP contribution in [0.1, 0.15) is 62.5 Å². The molecule has 3 N–H and O–H groups in total. The highest BCUT2D eigenvalue weighted by Gasteiger charge is 2.31. The van der Waals surface area contributed by atoms with E-state index >= 15 is 0 Å². The molecule has 2 aliphatic carbocycles. The second-order valence-electron chi connectivity index (χ2n) is 9.65. The number of ether oxygens (including phenoxy) is 1. The van der Waals surface area contributed by atoms with E-state index in [0.717, 1.165) is 36.8 Å². The standard InChI is InChI=1S/C28H34N2O5/c1-2-18(14-26(31)30-25-13-7-8-19(25)15-27(32)33)16-29-28(34)35-17-24-22-11-5-3-9-20(22)21-10-4-6-12-23(21)24/h3-6,9-12,18-19,24-25H,2,7-8,13-17H2,1H3,(H,29,34)(H,30,31)(H,32,33)/t18?,19-,25+/m0/s1. The van der Waals surface area contributed by atoms with Gasteiger partial charge in [0.25, 0.3) is 0 Å². The Morgan fingerprint density at radius 2 is 1.69 bits per heavy atom. The summed E-state index contributed by atoms with van der Waals surface area (Å²) in [5.41, 5.74) is 4.69. The number of aliphatic carboxylic acids is 1. The van der Waals surface area contributed by atoms with Crippen LogP contribution in [-0.2, 0) is 14.3 Å². The van der Waals surface area contributed by atoms with Crippen LogP contribution in [0.25, 0.3) is 11.1 Å². The third-order valence-corrected chi connectivity index (χ3v) is 7.37. The number of carbonyl (C=O) groups excluding carboxylic acids is 2. The van der Waals surface area contributed by atoms with Crippen molar-refractivity contribution in [1.82, 2.24) is 10.6 Å². The number of amides is 2. The van der Waals surface area contributed by atoms with Gasteiger partial charge in [0.15, 0.2) is 0 Å². The van der Waals surface area contributed by atoms with Gasteiger partial charge in [-0.05, 0) is 46.9 Å². The summed E-state index contributed by atoms with van der Waals surface area (Å²) < 4.78 is 5.59. The fraction of sp³-hybridized carbons (Fsp3) is 0.464. The Morgan fingerprint density at radius 3 is 2.31 bits per heavy atom. The SMILES string of the molecule is CCC(CNC(=O)OCC1c2ccccc2-c2ccccc21)CC(=O)N[C@@H]1CCC[C@H]1CC(=O)O. The summed E-state index contributed by atoms with van der Waals surface area (Å²) in [6, 6.07) is 16.3. The third kappa shape index (κ3) is 6.02. The molecule has 7 heteroatoms. The van der Waals surface area contributed by atoms with Crippen LogP contribution in [0, 0.1) is 11.8 Å². The van der Waals surface area contributed by atoms with Crippen molar-refractivity contribution in [2.45, 2.75) is 57.4 Å².